The van der Waals surface area contributed by atoms with E-state index in [-0.39, 0.29) is 42.2 Å². The first-order valence-electron chi connectivity index (χ1n) is 7.88. The number of rotatable bonds is 5. The fourth-order valence-electron chi connectivity index (χ4n) is 3.69. The molecule has 0 amide bonds. The third-order valence-electron chi connectivity index (χ3n) is 4.83. The van der Waals surface area contributed by atoms with Crippen molar-refractivity contribution in [3.05, 3.63) is 22.4 Å². The lowest BCUT2D eigenvalue weighted by molar-refractivity contribution is -0.254. The molecule has 1 saturated heterocycles. The molecule has 3 rings (SSSR count). The van der Waals surface area contributed by atoms with E-state index < -0.39 is 0 Å². The van der Waals surface area contributed by atoms with Crippen LogP contribution in [-0.2, 0) is 14.3 Å². The summed E-state index contributed by atoms with van der Waals surface area (Å²) in [6, 6.07) is 3.63. The van der Waals surface area contributed by atoms with Gasteiger partial charge in [0.15, 0.2) is 5.78 Å². The van der Waals surface area contributed by atoms with Gasteiger partial charge in [-0.3, -0.25) is 9.59 Å². The van der Waals surface area contributed by atoms with Crippen LogP contribution in [0.15, 0.2) is 17.5 Å². The van der Waals surface area contributed by atoms with Crippen LogP contribution >= 0.6 is 11.3 Å². The van der Waals surface area contributed by atoms with Crippen molar-refractivity contribution in [2.24, 2.45) is 11.3 Å². The van der Waals surface area contributed by atoms with Gasteiger partial charge in [0.05, 0.1) is 17.4 Å². The Bertz CT molecular complexity index is 549. The molecule has 0 aromatic carbocycles. The molecule has 2 heterocycles. The SMILES string of the molecule is CC1(C)[C@@H]2OCCC[C@@H]2[C@@H]1OC(=O)CCC(=O)c1cccs1. The van der Waals surface area contributed by atoms with Crippen LogP contribution in [0, 0.1) is 11.3 Å². The van der Waals surface area contributed by atoms with E-state index >= 15 is 0 Å². The lowest BCUT2D eigenvalue weighted by Gasteiger charge is -2.58. The zero-order valence-electron chi connectivity index (χ0n) is 13.0. The first-order chi connectivity index (χ1) is 10.5. The second kappa shape index (κ2) is 6.13. The number of Topliss-reactive ketones (excluding diaryl/α,β-unsaturated/α-hetero) is 1. The molecular formula is C17H22O4S. The molecule has 1 aliphatic carbocycles. The Morgan fingerprint density at radius 3 is 2.95 bits per heavy atom. The number of hydrogen-bond acceptors (Lipinski definition) is 5. The maximum Gasteiger partial charge on any atom is 0.306 e. The standard InChI is InChI=1S/C17H22O4S/c1-17(2)15-11(5-3-9-20-15)16(17)21-14(19)8-7-12(18)13-6-4-10-22-13/h4,6,10-11,15-16H,3,5,7-9H2,1-2H3/t11-,15+,16-/m0/s1. The highest BCUT2D eigenvalue weighted by molar-refractivity contribution is 7.12. The number of thiophene rings is 1. The third-order valence-corrected chi connectivity index (χ3v) is 5.75. The molecule has 2 aliphatic rings. The predicted molar refractivity (Wildman–Crippen MR) is 84.0 cm³/mol. The zero-order chi connectivity index (χ0) is 15.7. The average Bonchev–Trinajstić information content (AvgIpc) is 3.04. The maximum atomic E-state index is 12.1. The van der Waals surface area contributed by atoms with E-state index in [2.05, 4.69) is 13.8 Å². The molecule has 0 unspecified atom stereocenters. The number of carbonyl (C=O) groups excluding carboxylic acids is 2. The first-order valence-corrected chi connectivity index (χ1v) is 8.76. The van der Waals surface area contributed by atoms with Crippen LogP contribution in [0.5, 0.6) is 0 Å². The molecule has 2 fully saturated rings. The third kappa shape index (κ3) is 2.84. The molecule has 3 atom stereocenters. The van der Waals surface area contributed by atoms with E-state index in [0.717, 1.165) is 19.4 Å². The van der Waals surface area contributed by atoms with Gasteiger partial charge < -0.3 is 9.47 Å². The Balaban J connectivity index is 1.50. The van der Waals surface area contributed by atoms with Gasteiger partial charge in [0.25, 0.3) is 0 Å². The Morgan fingerprint density at radius 2 is 2.23 bits per heavy atom. The van der Waals surface area contributed by atoms with Crippen LogP contribution in [0.25, 0.3) is 0 Å². The minimum absolute atomic E-state index is 0.0127. The van der Waals surface area contributed by atoms with Crippen molar-refractivity contribution < 1.29 is 19.1 Å². The van der Waals surface area contributed by atoms with Gasteiger partial charge in [-0.05, 0) is 24.3 Å². The highest BCUT2D eigenvalue weighted by atomic mass is 32.1. The second-order valence-corrected chi connectivity index (χ2v) is 7.68. The van der Waals surface area contributed by atoms with E-state index in [0.29, 0.717) is 10.8 Å². The van der Waals surface area contributed by atoms with Gasteiger partial charge in [0, 0.05) is 24.4 Å². The van der Waals surface area contributed by atoms with Crippen LogP contribution in [0.2, 0.25) is 0 Å². The smallest absolute Gasteiger partial charge is 0.306 e. The fraction of sp³-hybridized carbons (Fsp3) is 0.647. The van der Waals surface area contributed by atoms with Crippen LogP contribution in [0.3, 0.4) is 0 Å². The monoisotopic (exact) mass is 322 g/mol. The molecule has 1 aliphatic heterocycles. The van der Waals surface area contributed by atoms with E-state index in [1.807, 2.05) is 11.4 Å². The Morgan fingerprint density at radius 1 is 1.41 bits per heavy atom. The number of esters is 1. The van der Waals surface area contributed by atoms with E-state index in [1.165, 1.54) is 11.3 Å². The van der Waals surface area contributed by atoms with Crippen molar-refractivity contribution in [2.45, 2.75) is 51.7 Å². The van der Waals surface area contributed by atoms with E-state index in [1.54, 1.807) is 6.07 Å². The number of hydrogen-bond donors (Lipinski definition) is 0. The molecule has 1 aromatic heterocycles. The van der Waals surface area contributed by atoms with Crippen molar-refractivity contribution in [3.8, 4) is 0 Å². The van der Waals surface area contributed by atoms with Gasteiger partial charge in [-0.2, -0.15) is 0 Å². The summed E-state index contributed by atoms with van der Waals surface area (Å²) < 4.78 is 11.5. The number of carbonyl (C=O) groups is 2. The molecule has 0 N–H and O–H groups in total. The highest BCUT2D eigenvalue weighted by Crippen LogP contribution is 2.53. The van der Waals surface area contributed by atoms with Crippen molar-refractivity contribution in [3.63, 3.8) is 0 Å². The second-order valence-electron chi connectivity index (χ2n) is 6.73. The normalized spacial score (nSPS) is 29.3. The summed E-state index contributed by atoms with van der Waals surface area (Å²) in [5.41, 5.74) is -0.126. The van der Waals surface area contributed by atoms with Crippen molar-refractivity contribution in [1.82, 2.24) is 0 Å². The van der Waals surface area contributed by atoms with Gasteiger partial charge in [-0.1, -0.05) is 19.9 Å². The zero-order valence-corrected chi connectivity index (χ0v) is 13.9. The largest absolute Gasteiger partial charge is 0.461 e. The lowest BCUT2D eigenvalue weighted by atomic mass is 9.57. The topological polar surface area (TPSA) is 52.6 Å². The molecule has 120 valence electrons. The summed E-state index contributed by atoms with van der Waals surface area (Å²) in [6.07, 6.45) is 2.58. The molecule has 1 aromatic rings. The van der Waals surface area contributed by atoms with Gasteiger partial charge in [0.2, 0.25) is 0 Å². The maximum absolute atomic E-state index is 12.1. The van der Waals surface area contributed by atoms with Crippen LogP contribution in [0.1, 0.15) is 49.2 Å². The minimum Gasteiger partial charge on any atom is -0.461 e. The number of ketones is 1. The molecule has 1 saturated carbocycles. The molecular weight excluding hydrogens is 300 g/mol. The van der Waals surface area contributed by atoms with E-state index in [4.69, 9.17) is 9.47 Å². The van der Waals surface area contributed by atoms with Crippen LogP contribution in [-0.4, -0.2) is 30.6 Å². The van der Waals surface area contributed by atoms with Gasteiger partial charge >= 0.3 is 5.97 Å². The average molecular weight is 322 g/mol. The summed E-state index contributed by atoms with van der Waals surface area (Å²) in [6.45, 7) is 4.99. The lowest BCUT2D eigenvalue weighted by Crippen LogP contribution is -2.65. The molecule has 4 nitrogen and oxygen atoms in total. The van der Waals surface area contributed by atoms with Gasteiger partial charge in [-0.25, -0.2) is 0 Å². The van der Waals surface area contributed by atoms with Gasteiger partial charge in [-0.15, -0.1) is 11.3 Å². The Hall–Kier alpha value is -1.20. The summed E-state index contributed by atoms with van der Waals surface area (Å²) >= 11 is 1.41. The number of ether oxygens (including phenoxy) is 2. The van der Waals surface area contributed by atoms with Crippen molar-refractivity contribution in [1.29, 1.82) is 0 Å². The fourth-order valence-corrected chi connectivity index (χ4v) is 4.39. The van der Waals surface area contributed by atoms with Crippen LogP contribution in [0.4, 0.5) is 0 Å². The Labute approximate surface area is 134 Å². The summed E-state index contributed by atoms with van der Waals surface area (Å²) in [5, 5.41) is 1.87. The highest BCUT2D eigenvalue weighted by Gasteiger charge is 2.60. The van der Waals surface area contributed by atoms with Crippen molar-refractivity contribution >= 4 is 23.1 Å². The quantitative estimate of drug-likeness (QED) is 0.615. The van der Waals surface area contributed by atoms with Gasteiger partial charge in [0.1, 0.15) is 6.10 Å². The summed E-state index contributed by atoms with van der Waals surface area (Å²) in [7, 11) is 0. The first kappa shape index (κ1) is 15.7. The van der Waals surface area contributed by atoms with E-state index in [9.17, 15) is 9.59 Å². The predicted octanol–water partition coefficient (Wildman–Crippen LogP) is 3.46. The minimum atomic E-state index is -0.271. The summed E-state index contributed by atoms with van der Waals surface area (Å²) in [5.74, 6) is 0.0615. The molecule has 0 spiro atoms. The van der Waals surface area contributed by atoms with Crippen LogP contribution < -0.4 is 0 Å². The van der Waals surface area contributed by atoms with Crippen molar-refractivity contribution in [2.75, 3.05) is 6.61 Å². The molecule has 0 bridgehead atoms. The molecule has 0 radical (unpaired) electrons. The Kier molecular flexibility index (Phi) is 4.37. The molecule has 22 heavy (non-hydrogen) atoms. The number of fused-ring (bicyclic) bond motifs is 1. The molecule has 5 heteroatoms. The summed E-state index contributed by atoms with van der Waals surface area (Å²) in [4.78, 5) is 24.7.